The third-order valence-corrected chi connectivity index (χ3v) is 4.71. The van der Waals surface area contributed by atoms with Gasteiger partial charge >= 0.3 is 0 Å². The molecule has 1 unspecified atom stereocenters. The van der Waals surface area contributed by atoms with Gasteiger partial charge in [0.25, 0.3) is 0 Å². The van der Waals surface area contributed by atoms with Crippen molar-refractivity contribution in [3.05, 3.63) is 28.7 Å². The highest BCUT2D eigenvalue weighted by Crippen LogP contribution is 2.17. The monoisotopic (exact) mass is 332 g/mol. The van der Waals surface area contributed by atoms with Gasteiger partial charge in [0.05, 0.1) is 4.90 Å². The van der Waals surface area contributed by atoms with Crippen LogP contribution in [0, 0.1) is 0 Å². The molecule has 1 saturated heterocycles. The third-order valence-electron chi connectivity index (χ3n) is 2.69. The Labute approximate surface area is 114 Å². The topological polar surface area (TPSA) is 75.3 Å². The zero-order valence-corrected chi connectivity index (χ0v) is 11.9. The minimum atomic E-state index is -3.53. The predicted molar refractivity (Wildman–Crippen MR) is 70.5 cm³/mol. The molecule has 0 saturated carbocycles. The van der Waals surface area contributed by atoms with E-state index in [0.717, 1.165) is 0 Å². The van der Waals surface area contributed by atoms with Crippen LogP contribution in [0.5, 0.6) is 0 Å². The van der Waals surface area contributed by atoms with Crippen LogP contribution in [0.1, 0.15) is 12.8 Å². The van der Waals surface area contributed by atoms with Gasteiger partial charge in [0.15, 0.2) is 0 Å². The quantitative estimate of drug-likeness (QED) is 0.867. The number of piperidine rings is 1. The Morgan fingerprint density at radius 3 is 2.78 bits per heavy atom. The summed E-state index contributed by atoms with van der Waals surface area (Å²) in [6, 6.07) is 6.27. The molecule has 0 aliphatic carbocycles. The van der Waals surface area contributed by atoms with Crippen LogP contribution in [-0.2, 0) is 14.8 Å². The van der Waals surface area contributed by atoms with Gasteiger partial charge in [-0.15, -0.1) is 0 Å². The highest BCUT2D eigenvalue weighted by molar-refractivity contribution is 9.10. The maximum Gasteiger partial charge on any atom is 0.240 e. The normalized spacial score (nSPS) is 20.5. The lowest BCUT2D eigenvalue weighted by atomic mass is 10.1. The van der Waals surface area contributed by atoms with Crippen LogP contribution in [-0.4, -0.2) is 26.9 Å². The van der Waals surface area contributed by atoms with E-state index in [0.29, 0.717) is 23.9 Å². The van der Waals surface area contributed by atoms with Crippen LogP contribution in [0.4, 0.5) is 0 Å². The third kappa shape index (κ3) is 3.30. The van der Waals surface area contributed by atoms with E-state index < -0.39 is 10.0 Å². The fraction of sp³-hybridized carbons (Fsp3) is 0.364. The van der Waals surface area contributed by atoms with Crippen LogP contribution in [0.2, 0.25) is 0 Å². The van der Waals surface area contributed by atoms with Crippen LogP contribution in [0.15, 0.2) is 33.6 Å². The summed E-state index contributed by atoms with van der Waals surface area (Å²) in [5.74, 6) is -0.0343. The lowest BCUT2D eigenvalue weighted by molar-refractivity contribution is -0.122. The molecular formula is C11H13BrN2O3S. The highest BCUT2D eigenvalue weighted by Gasteiger charge is 2.24. The van der Waals surface area contributed by atoms with Gasteiger partial charge in [-0.1, -0.05) is 22.0 Å². The number of sulfonamides is 1. The Morgan fingerprint density at radius 1 is 1.39 bits per heavy atom. The Hall–Kier alpha value is -0.920. The van der Waals surface area contributed by atoms with Crippen molar-refractivity contribution in [3.63, 3.8) is 0 Å². The number of benzene rings is 1. The van der Waals surface area contributed by atoms with Crippen molar-refractivity contribution in [2.75, 3.05) is 6.54 Å². The maximum absolute atomic E-state index is 12.1. The van der Waals surface area contributed by atoms with E-state index >= 15 is 0 Å². The molecule has 0 aromatic heterocycles. The Bertz CT molecular complexity index is 549. The fourth-order valence-electron chi connectivity index (χ4n) is 1.76. The largest absolute Gasteiger partial charge is 0.355 e. The Morgan fingerprint density at radius 2 is 2.17 bits per heavy atom. The van der Waals surface area contributed by atoms with E-state index in [1.807, 2.05) is 0 Å². The van der Waals surface area contributed by atoms with Crippen molar-refractivity contribution in [2.45, 2.75) is 23.8 Å². The number of carbonyl (C=O) groups is 1. The molecule has 0 radical (unpaired) electrons. The summed E-state index contributed by atoms with van der Waals surface area (Å²) in [5.41, 5.74) is 0. The van der Waals surface area contributed by atoms with Crippen LogP contribution < -0.4 is 10.0 Å². The van der Waals surface area contributed by atoms with Gasteiger partial charge in [-0.2, -0.15) is 0 Å². The summed E-state index contributed by atoms with van der Waals surface area (Å²) in [5, 5.41) is 2.64. The molecule has 1 amide bonds. The number of nitrogens with one attached hydrogen (secondary N) is 2. The van der Waals surface area contributed by atoms with E-state index in [2.05, 4.69) is 26.0 Å². The molecule has 98 valence electrons. The standard InChI is InChI=1S/C11H13BrN2O3S/c12-8-2-1-3-10(6-8)18(16,17)14-9-4-5-11(15)13-7-9/h1-3,6,9,14H,4-5,7H2,(H,13,15). The number of hydrogen-bond acceptors (Lipinski definition) is 3. The first-order valence-corrected chi connectivity index (χ1v) is 7.79. The summed E-state index contributed by atoms with van der Waals surface area (Å²) in [4.78, 5) is 11.2. The zero-order chi connectivity index (χ0) is 13.2. The van der Waals surface area contributed by atoms with Crippen molar-refractivity contribution in [2.24, 2.45) is 0 Å². The first kappa shape index (κ1) is 13.5. The number of carbonyl (C=O) groups excluding carboxylic acids is 1. The van der Waals surface area contributed by atoms with Gasteiger partial charge < -0.3 is 5.32 Å². The number of rotatable bonds is 3. The van der Waals surface area contributed by atoms with Gasteiger partial charge in [-0.3, -0.25) is 4.79 Å². The minimum absolute atomic E-state index is 0.0343. The van der Waals surface area contributed by atoms with Gasteiger partial charge in [-0.25, -0.2) is 13.1 Å². The minimum Gasteiger partial charge on any atom is -0.355 e. The van der Waals surface area contributed by atoms with Crippen LogP contribution in [0.25, 0.3) is 0 Å². The lowest BCUT2D eigenvalue weighted by Gasteiger charge is -2.23. The molecule has 0 spiro atoms. The second-order valence-corrected chi connectivity index (χ2v) is 6.75. The van der Waals surface area contributed by atoms with Crippen molar-refractivity contribution in [3.8, 4) is 0 Å². The van der Waals surface area contributed by atoms with Crippen LogP contribution >= 0.6 is 15.9 Å². The molecule has 7 heteroatoms. The molecule has 18 heavy (non-hydrogen) atoms. The van der Waals surface area contributed by atoms with Gasteiger partial charge in [0, 0.05) is 23.5 Å². The molecule has 2 rings (SSSR count). The molecule has 1 fully saturated rings. The lowest BCUT2D eigenvalue weighted by Crippen LogP contribution is -2.47. The molecule has 1 aliphatic rings. The smallest absolute Gasteiger partial charge is 0.240 e. The maximum atomic E-state index is 12.1. The zero-order valence-electron chi connectivity index (χ0n) is 9.52. The second kappa shape index (κ2) is 5.38. The fourth-order valence-corrected chi connectivity index (χ4v) is 3.62. The molecule has 1 aliphatic heterocycles. The molecular weight excluding hydrogens is 320 g/mol. The van der Waals surface area contributed by atoms with Gasteiger partial charge in [0.1, 0.15) is 0 Å². The molecule has 1 aromatic carbocycles. The first-order valence-electron chi connectivity index (χ1n) is 5.52. The highest BCUT2D eigenvalue weighted by atomic mass is 79.9. The molecule has 5 nitrogen and oxygen atoms in total. The van der Waals surface area contributed by atoms with Crippen LogP contribution in [0.3, 0.4) is 0 Å². The Balaban J connectivity index is 2.10. The summed E-state index contributed by atoms with van der Waals surface area (Å²) in [7, 11) is -3.53. The summed E-state index contributed by atoms with van der Waals surface area (Å²) < 4.78 is 27.5. The number of hydrogen-bond donors (Lipinski definition) is 2. The Kier molecular flexibility index (Phi) is 4.04. The van der Waals surface area contributed by atoms with E-state index in [1.54, 1.807) is 18.2 Å². The summed E-state index contributed by atoms with van der Waals surface area (Å²) in [6.45, 7) is 0.339. The molecule has 1 atom stereocenters. The van der Waals surface area contributed by atoms with Crippen molar-refractivity contribution < 1.29 is 13.2 Å². The summed E-state index contributed by atoms with van der Waals surface area (Å²) >= 11 is 3.24. The van der Waals surface area contributed by atoms with Crippen molar-refractivity contribution in [1.82, 2.24) is 10.0 Å². The van der Waals surface area contributed by atoms with E-state index in [4.69, 9.17) is 0 Å². The van der Waals surface area contributed by atoms with E-state index in [-0.39, 0.29) is 16.8 Å². The molecule has 0 bridgehead atoms. The summed E-state index contributed by atoms with van der Waals surface area (Å²) in [6.07, 6.45) is 0.880. The van der Waals surface area contributed by atoms with Gasteiger partial charge in [0.2, 0.25) is 15.9 Å². The molecule has 2 N–H and O–H groups in total. The molecule has 1 aromatic rings. The van der Waals surface area contributed by atoms with E-state index in [9.17, 15) is 13.2 Å². The van der Waals surface area contributed by atoms with Crippen molar-refractivity contribution in [1.29, 1.82) is 0 Å². The molecule has 1 heterocycles. The average Bonchev–Trinajstić information content (AvgIpc) is 2.32. The number of amides is 1. The predicted octanol–water partition coefficient (Wildman–Crippen LogP) is 1.01. The number of halogens is 1. The second-order valence-electron chi connectivity index (χ2n) is 4.12. The SMILES string of the molecule is O=C1CCC(NS(=O)(=O)c2cccc(Br)c2)CN1. The first-order chi connectivity index (χ1) is 8.47. The van der Waals surface area contributed by atoms with Gasteiger partial charge in [-0.05, 0) is 24.6 Å². The average molecular weight is 333 g/mol. The van der Waals surface area contributed by atoms with E-state index in [1.165, 1.54) is 6.07 Å². The van der Waals surface area contributed by atoms with Crippen molar-refractivity contribution >= 4 is 31.9 Å².